The lowest BCUT2D eigenvalue weighted by Gasteiger charge is -2.28. The van der Waals surface area contributed by atoms with Gasteiger partial charge in [-0.15, -0.1) is 0 Å². The van der Waals surface area contributed by atoms with Crippen molar-refractivity contribution in [1.29, 1.82) is 0 Å². The number of β-amino-alcohol motifs (C(OH)–C–C–N with tert-alkyl or cyclic N) is 1. The molecule has 1 saturated heterocycles. The third-order valence-electron chi connectivity index (χ3n) is 4.29. The molecule has 1 aliphatic heterocycles. The van der Waals surface area contributed by atoms with E-state index >= 15 is 0 Å². The molecule has 2 bridgehead atoms. The Balaban J connectivity index is 1.87. The maximum Gasteiger partial charge on any atom is 0.0897 e. The van der Waals surface area contributed by atoms with Crippen LogP contribution >= 0.6 is 0 Å². The predicted molar refractivity (Wildman–Crippen MR) is 63.0 cm³/mol. The van der Waals surface area contributed by atoms with Crippen LogP contribution in [0.4, 0.5) is 0 Å². The molecule has 4 heteroatoms. The van der Waals surface area contributed by atoms with Crippen molar-refractivity contribution in [3.8, 4) is 0 Å². The van der Waals surface area contributed by atoms with E-state index in [1.165, 1.54) is 19.3 Å². The number of aliphatic hydroxyl groups is 2. The Morgan fingerprint density at radius 3 is 2.88 bits per heavy atom. The number of aliphatic hydroxyl groups excluding tert-OH is 2. The molecule has 4 atom stereocenters. The van der Waals surface area contributed by atoms with Crippen LogP contribution in [-0.2, 0) is 0 Å². The summed E-state index contributed by atoms with van der Waals surface area (Å²) in [5.74, 6) is 1.56. The van der Waals surface area contributed by atoms with Crippen molar-refractivity contribution in [1.82, 2.24) is 4.90 Å². The van der Waals surface area contributed by atoms with Crippen LogP contribution in [0.15, 0.2) is 0 Å². The standard InChI is InChI=1S/C12H24N2O2/c13-4-3-9-1-2-11-5-10(9)6-14(11)7-12(16)8-15/h9-12,15-16H,1-8,13H2. The molecule has 0 spiro atoms. The SMILES string of the molecule is NCCC1CCC2CC1CN2CC(O)CO. The molecule has 4 unspecified atom stereocenters. The highest BCUT2D eigenvalue weighted by atomic mass is 16.3. The van der Waals surface area contributed by atoms with Gasteiger partial charge in [0, 0.05) is 19.1 Å². The van der Waals surface area contributed by atoms with Crippen molar-refractivity contribution in [3.63, 3.8) is 0 Å². The van der Waals surface area contributed by atoms with Crippen LogP contribution in [-0.4, -0.2) is 53.5 Å². The first kappa shape index (κ1) is 12.3. The van der Waals surface area contributed by atoms with Crippen LogP contribution in [0.3, 0.4) is 0 Å². The Kier molecular flexibility index (Phi) is 4.19. The third kappa shape index (κ3) is 2.56. The van der Waals surface area contributed by atoms with Gasteiger partial charge < -0.3 is 15.9 Å². The summed E-state index contributed by atoms with van der Waals surface area (Å²) >= 11 is 0. The zero-order valence-corrected chi connectivity index (χ0v) is 9.89. The second kappa shape index (κ2) is 5.45. The Morgan fingerprint density at radius 2 is 2.19 bits per heavy atom. The molecule has 94 valence electrons. The molecule has 0 aromatic carbocycles. The van der Waals surface area contributed by atoms with Crippen LogP contribution in [0, 0.1) is 11.8 Å². The second-order valence-corrected chi connectivity index (χ2v) is 5.35. The zero-order valence-electron chi connectivity index (χ0n) is 9.89. The van der Waals surface area contributed by atoms with Gasteiger partial charge in [0.25, 0.3) is 0 Å². The molecule has 4 N–H and O–H groups in total. The Bertz CT molecular complexity index is 225. The van der Waals surface area contributed by atoms with E-state index in [0.717, 1.165) is 31.3 Å². The third-order valence-corrected chi connectivity index (χ3v) is 4.29. The van der Waals surface area contributed by atoms with Gasteiger partial charge in [-0.1, -0.05) is 0 Å². The fraction of sp³-hybridized carbons (Fsp3) is 1.00. The first-order valence-corrected chi connectivity index (χ1v) is 6.47. The van der Waals surface area contributed by atoms with E-state index in [2.05, 4.69) is 4.90 Å². The summed E-state index contributed by atoms with van der Waals surface area (Å²) in [5, 5.41) is 18.4. The molecule has 0 aromatic rings. The fourth-order valence-corrected chi connectivity index (χ4v) is 3.45. The second-order valence-electron chi connectivity index (χ2n) is 5.35. The molecule has 4 nitrogen and oxygen atoms in total. The predicted octanol–water partition coefficient (Wildman–Crippen LogP) is -0.211. The summed E-state index contributed by atoms with van der Waals surface area (Å²) in [7, 11) is 0. The normalized spacial score (nSPS) is 36.6. The highest BCUT2D eigenvalue weighted by Gasteiger charge is 2.40. The number of rotatable bonds is 5. The first-order chi connectivity index (χ1) is 7.74. The van der Waals surface area contributed by atoms with Gasteiger partial charge in [0.2, 0.25) is 0 Å². The molecule has 0 amide bonds. The topological polar surface area (TPSA) is 69.7 Å². The van der Waals surface area contributed by atoms with Crippen molar-refractivity contribution < 1.29 is 10.2 Å². The lowest BCUT2D eigenvalue weighted by Crippen LogP contribution is -2.37. The number of nitrogens with two attached hydrogens (primary N) is 1. The summed E-state index contributed by atoms with van der Waals surface area (Å²) in [6.45, 7) is 2.39. The van der Waals surface area contributed by atoms with Gasteiger partial charge in [-0.25, -0.2) is 0 Å². The minimum Gasteiger partial charge on any atom is -0.394 e. The van der Waals surface area contributed by atoms with Crippen molar-refractivity contribution in [2.24, 2.45) is 17.6 Å². The molecule has 1 heterocycles. The number of fused-ring (bicyclic) bond motifs is 2. The van der Waals surface area contributed by atoms with Gasteiger partial charge in [-0.3, -0.25) is 4.90 Å². The molecule has 2 fully saturated rings. The molecular weight excluding hydrogens is 204 g/mol. The van der Waals surface area contributed by atoms with E-state index in [1.807, 2.05) is 0 Å². The minimum atomic E-state index is -0.577. The highest BCUT2D eigenvalue weighted by Crippen LogP contribution is 2.40. The zero-order chi connectivity index (χ0) is 11.5. The van der Waals surface area contributed by atoms with E-state index in [0.29, 0.717) is 12.6 Å². The lowest BCUT2D eigenvalue weighted by atomic mass is 9.78. The lowest BCUT2D eigenvalue weighted by molar-refractivity contribution is 0.0547. The Morgan fingerprint density at radius 1 is 1.38 bits per heavy atom. The largest absolute Gasteiger partial charge is 0.394 e. The molecule has 16 heavy (non-hydrogen) atoms. The summed E-state index contributed by atoms with van der Waals surface area (Å²) in [5.41, 5.74) is 5.64. The minimum absolute atomic E-state index is 0.125. The number of hydrogen-bond acceptors (Lipinski definition) is 4. The maximum atomic E-state index is 9.50. The molecule has 1 aliphatic carbocycles. The van der Waals surface area contributed by atoms with Crippen molar-refractivity contribution in [3.05, 3.63) is 0 Å². The molecular formula is C12H24N2O2. The van der Waals surface area contributed by atoms with E-state index in [9.17, 15) is 5.11 Å². The van der Waals surface area contributed by atoms with Gasteiger partial charge in [0.15, 0.2) is 0 Å². The molecule has 0 radical (unpaired) electrons. The average molecular weight is 228 g/mol. The molecule has 1 saturated carbocycles. The summed E-state index contributed by atoms with van der Waals surface area (Å²) in [6, 6.07) is 0.639. The van der Waals surface area contributed by atoms with Crippen LogP contribution < -0.4 is 5.73 Å². The smallest absolute Gasteiger partial charge is 0.0897 e. The average Bonchev–Trinajstić information content (AvgIpc) is 2.61. The summed E-state index contributed by atoms with van der Waals surface area (Å²) < 4.78 is 0. The molecule has 0 aromatic heterocycles. The van der Waals surface area contributed by atoms with E-state index in [4.69, 9.17) is 10.8 Å². The molecule has 2 rings (SSSR count). The van der Waals surface area contributed by atoms with Gasteiger partial charge in [-0.05, 0) is 44.1 Å². The van der Waals surface area contributed by atoms with Gasteiger partial charge in [0.05, 0.1) is 12.7 Å². The fourth-order valence-electron chi connectivity index (χ4n) is 3.45. The first-order valence-electron chi connectivity index (χ1n) is 6.47. The van der Waals surface area contributed by atoms with E-state index in [1.54, 1.807) is 0 Å². The van der Waals surface area contributed by atoms with Gasteiger partial charge >= 0.3 is 0 Å². The Labute approximate surface area is 97.4 Å². The summed E-state index contributed by atoms with van der Waals surface area (Å²) in [4.78, 5) is 2.36. The van der Waals surface area contributed by atoms with Gasteiger partial charge in [0.1, 0.15) is 0 Å². The van der Waals surface area contributed by atoms with Crippen molar-refractivity contribution >= 4 is 0 Å². The number of likely N-dealkylation sites (tertiary alicyclic amines) is 1. The van der Waals surface area contributed by atoms with Crippen LogP contribution in [0.5, 0.6) is 0 Å². The molecule has 2 aliphatic rings. The quantitative estimate of drug-likeness (QED) is 0.609. The van der Waals surface area contributed by atoms with Crippen molar-refractivity contribution in [2.45, 2.75) is 37.8 Å². The number of nitrogens with zero attached hydrogens (tertiary/aromatic N) is 1. The monoisotopic (exact) mass is 228 g/mol. The Hall–Kier alpha value is -0.160. The van der Waals surface area contributed by atoms with E-state index in [-0.39, 0.29) is 6.61 Å². The van der Waals surface area contributed by atoms with Gasteiger partial charge in [-0.2, -0.15) is 0 Å². The van der Waals surface area contributed by atoms with Crippen LogP contribution in [0.2, 0.25) is 0 Å². The maximum absolute atomic E-state index is 9.50. The number of hydrogen-bond donors (Lipinski definition) is 3. The van der Waals surface area contributed by atoms with E-state index < -0.39 is 6.10 Å². The van der Waals surface area contributed by atoms with Crippen LogP contribution in [0.1, 0.15) is 25.7 Å². The van der Waals surface area contributed by atoms with Crippen molar-refractivity contribution in [2.75, 3.05) is 26.2 Å². The summed E-state index contributed by atoms with van der Waals surface area (Å²) in [6.07, 6.45) is 4.36. The van der Waals surface area contributed by atoms with Crippen LogP contribution in [0.25, 0.3) is 0 Å². The highest BCUT2D eigenvalue weighted by molar-refractivity contribution is 4.94.